The molecule has 4 aromatic carbocycles. The lowest BCUT2D eigenvalue weighted by molar-refractivity contribution is -0.167. The van der Waals surface area contributed by atoms with Crippen LogP contribution in [-0.2, 0) is 19.1 Å². The number of nitrogens with one attached hydrogen (secondary N) is 2. The van der Waals surface area contributed by atoms with Crippen molar-refractivity contribution in [3.8, 4) is 11.5 Å². The monoisotopic (exact) mass is 624 g/mol. The number of benzene rings is 4. The molecule has 0 aliphatic heterocycles. The minimum Gasteiger partial charge on any atom is -0.494 e. The van der Waals surface area contributed by atoms with E-state index in [0.717, 1.165) is 72.8 Å². The maximum atomic E-state index is 11.9. The van der Waals surface area contributed by atoms with Gasteiger partial charge >= 0.3 is 11.9 Å². The summed E-state index contributed by atoms with van der Waals surface area (Å²) in [6, 6.07) is 35.8. The largest absolute Gasteiger partial charge is 0.494 e. The van der Waals surface area contributed by atoms with Crippen LogP contribution >= 0.6 is 0 Å². The summed E-state index contributed by atoms with van der Waals surface area (Å²) in [5, 5.41) is 6.69. The van der Waals surface area contributed by atoms with E-state index < -0.39 is 11.9 Å². The van der Waals surface area contributed by atoms with Gasteiger partial charge in [0.1, 0.15) is 11.5 Å². The van der Waals surface area contributed by atoms with Crippen LogP contribution in [0.5, 0.6) is 11.5 Å². The number of para-hydroxylation sites is 2. The Bertz CT molecular complexity index is 1300. The Balaban J connectivity index is 0.923. The van der Waals surface area contributed by atoms with E-state index in [9.17, 15) is 9.59 Å². The number of esters is 2. The minimum atomic E-state index is -0.924. The fourth-order valence-corrected chi connectivity index (χ4v) is 4.59. The molecular formula is C38H44N2O6. The highest BCUT2D eigenvalue weighted by Gasteiger charge is 2.16. The van der Waals surface area contributed by atoms with Gasteiger partial charge in [-0.2, -0.15) is 0 Å². The number of ether oxygens (including phenoxy) is 4. The van der Waals surface area contributed by atoms with Crippen LogP contribution in [0.15, 0.2) is 109 Å². The number of carbonyl (C=O) groups excluding carboxylic acids is 2. The second-order valence-electron chi connectivity index (χ2n) is 10.8. The van der Waals surface area contributed by atoms with Crippen LogP contribution in [0.25, 0.3) is 0 Å². The zero-order valence-electron chi connectivity index (χ0n) is 26.3. The van der Waals surface area contributed by atoms with Gasteiger partial charge in [-0.3, -0.25) is 0 Å². The summed E-state index contributed by atoms with van der Waals surface area (Å²) in [6.07, 6.45) is 6.82. The molecule has 4 rings (SSSR count). The van der Waals surface area contributed by atoms with Gasteiger partial charge in [-0.1, -0.05) is 36.4 Å². The standard InChI is InChI=1S/C38H44N2O6/c41-37(45-29-13-3-1-11-27-43-35-23-19-33(20-24-35)39-31-15-7-5-8-16-31)38(42)46-30-14-4-2-12-28-44-36-25-21-34(22-26-36)40-32-17-9-6-10-18-32/h5-10,15-26,39-40H,1-4,11-14,27-30H2. The molecule has 8 heteroatoms. The predicted molar refractivity (Wildman–Crippen MR) is 182 cm³/mol. The fourth-order valence-electron chi connectivity index (χ4n) is 4.59. The second-order valence-corrected chi connectivity index (χ2v) is 10.8. The van der Waals surface area contributed by atoms with Crippen molar-refractivity contribution in [1.29, 1.82) is 0 Å². The van der Waals surface area contributed by atoms with Gasteiger partial charge in [0, 0.05) is 22.7 Å². The summed E-state index contributed by atoms with van der Waals surface area (Å²) < 4.78 is 21.7. The third kappa shape index (κ3) is 13.3. The lowest BCUT2D eigenvalue weighted by Gasteiger charge is -2.09. The van der Waals surface area contributed by atoms with Crippen molar-refractivity contribution in [2.24, 2.45) is 0 Å². The van der Waals surface area contributed by atoms with Crippen molar-refractivity contribution < 1.29 is 28.5 Å². The SMILES string of the molecule is O=C(OCCCCCCOc1ccc(Nc2ccccc2)cc1)C(=O)OCCCCCCOc1ccc(Nc2ccccc2)cc1. The molecule has 0 heterocycles. The third-order valence-electron chi connectivity index (χ3n) is 7.08. The van der Waals surface area contributed by atoms with Gasteiger partial charge in [0.05, 0.1) is 26.4 Å². The molecule has 0 aromatic heterocycles. The topological polar surface area (TPSA) is 95.1 Å². The van der Waals surface area contributed by atoms with Crippen molar-refractivity contribution in [2.75, 3.05) is 37.1 Å². The van der Waals surface area contributed by atoms with E-state index in [1.165, 1.54) is 0 Å². The van der Waals surface area contributed by atoms with Crippen molar-refractivity contribution in [3.63, 3.8) is 0 Å². The van der Waals surface area contributed by atoms with Gasteiger partial charge in [0.15, 0.2) is 0 Å². The van der Waals surface area contributed by atoms with E-state index in [-0.39, 0.29) is 13.2 Å². The van der Waals surface area contributed by atoms with Crippen molar-refractivity contribution in [2.45, 2.75) is 51.4 Å². The summed E-state index contributed by atoms with van der Waals surface area (Å²) in [7, 11) is 0. The van der Waals surface area contributed by atoms with E-state index in [1.807, 2.05) is 109 Å². The summed E-state index contributed by atoms with van der Waals surface area (Å²) in [4.78, 5) is 23.7. The normalized spacial score (nSPS) is 10.5. The molecule has 0 radical (unpaired) electrons. The number of rotatable bonds is 20. The molecule has 0 atom stereocenters. The summed E-state index contributed by atoms with van der Waals surface area (Å²) >= 11 is 0. The summed E-state index contributed by atoms with van der Waals surface area (Å²) in [5.74, 6) is -0.191. The molecule has 0 saturated heterocycles. The first-order chi connectivity index (χ1) is 22.7. The summed E-state index contributed by atoms with van der Waals surface area (Å²) in [5.41, 5.74) is 4.09. The third-order valence-corrected chi connectivity index (χ3v) is 7.08. The molecule has 0 spiro atoms. The van der Waals surface area contributed by atoms with Crippen molar-refractivity contribution in [1.82, 2.24) is 0 Å². The molecule has 242 valence electrons. The lowest BCUT2D eigenvalue weighted by Crippen LogP contribution is -2.21. The molecule has 0 saturated carbocycles. The Labute approximate surface area is 272 Å². The van der Waals surface area contributed by atoms with E-state index in [0.29, 0.717) is 26.1 Å². The Morgan fingerprint density at radius 1 is 0.391 bits per heavy atom. The molecule has 0 fully saturated rings. The Morgan fingerprint density at radius 2 is 0.717 bits per heavy atom. The predicted octanol–water partition coefficient (Wildman–Crippen LogP) is 8.84. The van der Waals surface area contributed by atoms with Gasteiger partial charge in [0.25, 0.3) is 0 Å². The number of carbonyl (C=O) groups is 2. The molecular weight excluding hydrogens is 580 g/mol. The van der Waals surface area contributed by atoms with E-state index in [4.69, 9.17) is 18.9 Å². The number of hydrogen-bond donors (Lipinski definition) is 2. The van der Waals surface area contributed by atoms with E-state index in [2.05, 4.69) is 10.6 Å². The molecule has 8 nitrogen and oxygen atoms in total. The molecule has 4 aromatic rings. The Kier molecular flexibility index (Phi) is 14.8. The van der Waals surface area contributed by atoms with Crippen LogP contribution in [0.2, 0.25) is 0 Å². The molecule has 2 N–H and O–H groups in total. The Hall–Kier alpha value is -4.98. The smallest absolute Gasteiger partial charge is 0.417 e. The average Bonchev–Trinajstić information content (AvgIpc) is 3.09. The maximum absolute atomic E-state index is 11.9. The van der Waals surface area contributed by atoms with Gasteiger partial charge in [-0.25, -0.2) is 9.59 Å². The Morgan fingerprint density at radius 3 is 1.09 bits per heavy atom. The second kappa shape index (κ2) is 20.1. The van der Waals surface area contributed by atoms with Crippen LogP contribution in [0.4, 0.5) is 22.7 Å². The highest BCUT2D eigenvalue weighted by Crippen LogP contribution is 2.21. The lowest BCUT2D eigenvalue weighted by atomic mass is 10.2. The van der Waals surface area contributed by atoms with Gasteiger partial charge in [0.2, 0.25) is 0 Å². The van der Waals surface area contributed by atoms with Crippen LogP contribution in [0.3, 0.4) is 0 Å². The molecule has 0 amide bonds. The highest BCUT2D eigenvalue weighted by atomic mass is 16.6. The molecule has 46 heavy (non-hydrogen) atoms. The average molecular weight is 625 g/mol. The first-order valence-corrected chi connectivity index (χ1v) is 16.1. The van der Waals surface area contributed by atoms with Gasteiger partial charge < -0.3 is 29.6 Å². The van der Waals surface area contributed by atoms with Gasteiger partial charge in [-0.15, -0.1) is 0 Å². The van der Waals surface area contributed by atoms with Crippen LogP contribution in [0, 0.1) is 0 Å². The first kappa shape index (κ1) is 33.9. The van der Waals surface area contributed by atoms with Crippen molar-refractivity contribution >= 4 is 34.7 Å². The molecule has 0 aliphatic rings. The first-order valence-electron chi connectivity index (χ1n) is 16.1. The van der Waals surface area contributed by atoms with Crippen LogP contribution < -0.4 is 20.1 Å². The molecule has 0 aliphatic carbocycles. The van der Waals surface area contributed by atoms with Gasteiger partial charge in [-0.05, 0) is 124 Å². The summed E-state index contributed by atoms with van der Waals surface area (Å²) in [6.45, 7) is 1.64. The molecule has 0 bridgehead atoms. The zero-order chi connectivity index (χ0) is 32.1. The minimum absolute atomic E-state index is 0.205. The number of unbranched alkanes of at least 4 members (excludes halogenated alkanes) is 6. The fraction of sp³-hybridized carbons (Fsp3) is 0.316. The number of hydrogen-bond acceptors (Lipinski definition) is 8. The number of anilines is 4. The van der Waals surface area contributed by atoms with E-state index in [1.54, 1.807) is 0 Å². The van der Waals surface area contributed by atoms with Crippen LogP contribution in [-0.4, -0.2) is 38.4 Å². The zero-order valence-corrected chi connectivity index (χ0v) is 26.3. The van der Waals surface area contributed by atoms with E-state index >= 15 is 0 Å². The van der Waals surface area contributed by atoms with Crippen LogP contribution in [0.1, 0.15) is 51.4 Å². The highest BCUT2D eigenvalue weighted by molar-refractivity contribution is 6.29. The molecule has 0 unspecified atom stereocenters. The quantitative estimate of drug-likeness (QED) is 0.0572. The van der Waals surface area contributed by atoms with Crippen molar-refractivity contribution in [3.05, 3.63) is 109 Å². The maximum Gasteiger partial charge on any atom is 0.417 e.